The van der Waals surface area contributed by atoms with Crippen molar-refractivity contribution in [2.24, 2.45) is 0 Å². The molecule has 0 radical (unpaired) electrons. The van der Waals surface area contributed by atoms with E-state index < -0.39 is 0 Å². The molecule has 88 valence electrons. The number of aromatic nitrogens is 1. The maximum atomic E-state index is 5.63. The molecular weight excluding hydrogens is 346 g/mol. The average molecular weight is 357 g/mol. The van der Waals surface area contributed by atoms with Crippen LogP contribution in [0.3, 0.4) is 0 Å². The lowest BCUT2D eigenvalue weighted by Gasteiger charge is -2.07. The van der Waals surface area contributed by atoms with Crippen molar-refractivity contribution in [1.82, 2.24) is 4.98 Å². The van der Waals surface area contributed by atoms with Crippen molar-refractivity contribution in [2.45, 2.75) is 13.5 Å². The number of hydrogen-bond donors (Lipinski definition) is 0. The van der Waals surface area contributed by atoms with Gasteiger partial charge in [-0.15, -0.1) is 0 Å². The van der Waals surface area contributed by atoms with Gasteiger partial charge in [0, 0.05) is 21.2 Å². The Labute approximate surface area is 117 Å². The second-order valence-electron chi connectivity index (χ2n) is 3.69. The molecule has 0 fully saturated rings. The van der Waals surface area contributed by atoms with Crippen molar-refractivity contribution in [3.8, 4) is 5.88 Å². The lowest BCUT2D eigenvalue weighted by Crippen LogP contribution is -1.97. The molecule has 0 atom stereocenters. The van der Waals surface area contributed by atoms with Gasteiger partial charge in [-0.1, -0.05) is 28.1 Å². The predicted octanol–water partition coefficient (Wildman–Crippen LogP) is 4.49. The molecule has 0 aliphatic rings. The minimum absolute atomic E-state index is 0.521. The lowest BCUT2D eigenvalue weighted by molar-refractivity contribution is 0.293. The van der Waals surface area contributed by atoms with E-state index in [1.165, 1.54) is 0 Å². The summed E-state index contributed by atoms with van der Waals surface area (Å²) in [6, 6.07) is 9.96. The first-order chi connectivity index (χ1) is 8.15. The van der Waals surface area contributed by atoms with Gasteiger partial charge < -0.3 is 4.74 Å². The summed E-state index contributed by atoms with van der Waals surface area (Å²) in [5, 5.41) is 0. The number of nitrogens with zero attached hydrogens (tertiary/aromatic N) is 1. The van der Waals surface area contributed by atoms with Gasteiger partial charge in [-0.3, -0.25) is 0 Å². The molecule has 0 amide bonds. The van der Waals surface area contributed by atoms with Crippen molar-refractivity contribution in [2.75, 3.05) is 0 Å². The van der Waals surface area contributed by atoms with Gasteiger partial charge in [0.2, 0.25) is 5.88 Å². The number of rotatable bonds is 3. The second-order valence-corrected chi connectivity index (χ2v) is 5.46. The highest BCUT2D eigenvalue weighted by molar-refractivity contribution is 9.10. The average Bonchev–Trinajstić information content (AvgIpc) is 2.31. The van der Waals surface area contributed by atoms with Crippen LogP contribution in [0, 0.1) is 6.92 Å². The minimum Gasteiger partial charge on any atom is -0.473 e. The van der Waals surface area contributed by atoms with Gasteiger partial charge in [0.1, 0.15) is 6.61 Å². The summed E-state index contributed by atoms with van der Waals surface area (Å²) in [7, 11) is 0. The zero-order chi connectivity index (χ0) is 12.3. The first-order valence-electron chi connectivity index (χ1n) is 5.14. The first-order valence-corrected chi connectivity index (χ1v) is 6.73. The highest BCUT2D eigenvalue weighted by atomic mass is 79.9. The molecule has 0 aliphatic carbocycles. The third-order valence-corrected chi connectivity index (χ3v) is 3.62. The molecule has 17 heavy (non-hydrogen) atoms. The Morgan fingerprint density at radius 2 is 2.06 bits per heavy atom. The smallest absolute Gasteiger partial charge is 0.213 e. The van der Waals surface area contributed by atoms with Gasteiger partial charge in [0.05, 0.1) is 0 Å². The van der Waals surface area contributed by atoms with E-state index in [1.807, 2.05) is 37.3 Å². The van der Waals surface area contributed by atoms with Gasteiger partial charge in [0.15, 0.2) is 0 Å². The quantitative estimate of drug-likeness (QED) is 0.808. The van der Waals surface area contributed by atoms with Crippen LogP contribution < -0.4 is 4.74 Å². The lowest BCUT2D eigenvalue weighted by atomic mass is 10.2. The molecule has 1 heterocycles. The van der Waals surface area contributed by atoms with E-state index in [1.54, 1.807) is 6.20 Å². The summed E-state index contributed by atoms with van der Waals surface area (Å²) in [6.45, 7) is 2.53. The Balaban J connectivity index is 2.05. The van der Waals surface area contributed by atoms with Gasteiger partial charge in [-0.25, -0.2) is 4.98 Å². The second kappa shape index (κ2) is 5.65. The molecule has 0 N–H and O–H groups in total. The molecule has 4 heteroatoms. The van der Waals surface area contributed by atoms with Crippen LogP contribution >= 0.6 is 31.9 Å². The fourth-order valence-corrected chi connectivity index (χ4v) is 2.04. The molecule has 1 aromatic carbocycles. The molecule has 2 aromatic rings. The molecule has 0 saturated heterocycles. The molecule has 2 nitrogen and oxygen atoms in total. The summed E-state index contributed by atoms with van der Waals surface area (Å²) < 4.78 is 7.68. The summed E-state index contributed by atoms with van der Waals surface area (Å²) >= 11 is 6.84. The fourth-order valence-electron chi connectivity index (χ4n) is 1.38. The Kier molecular flexibility index (Phi) is 4.18. The van der Waals surface area contributed by atoms with Crippen LogP contribution in [0.15, 0.2) is 45.5 Å². The third-order valence-electron chi connectivity index (χ3n) is 2.30. The van der Waals surface area contributed by atoms with Crippen LogP contribution in [-0.4, -0.2) is 4.98 Å². The third kappa shape index (κ3) is 3.54. The Hall–Kier alpha value is -0.870. The first kappa shape index (κ1) is 12.6. The Morgan fingerprint density at radius 1 is 1.24 bits per heavy atom. The van der Waals surface area contributed by atoms with Crippen molar-refractivity contribution >= 4 is 31.9 Å². The molecule has 0 unspecified atom stereocenters. The standard InChI is InChI=1S/C13H11Br2NO/c1-9-5-13(16-7-12(9)15)17-8-10-3-2-4-11(14)6-10/h2-7H,8H2,1H3. The Morgan fingerprint density at radius 3 is 2.76 bits per heavy atom. The van der Waals surface area contributed by atoms with Crippen molar-refractivity contribution < 1.29 is 4.74 Å². The van der Waals surface area contributed by atoms with E-state index in [9.17, 15) is 0 Å². The zero-order valence-electron chi connectivity index (χ0n) is 9.28. The number of benzene rings is 1. The number of pyridine rings is 1. The number of hydrogen-bond acceptors (Lipinski definition) is 2. The largest absolute Gasteiger partial charge is 0.473 e. The molecule has 2 rings (SSSR count). The number of halogens is 2. The van der Waals surface area contributed by atoms with Crippen LogP contribution in [0.2, 0.25) is 0 Å². The van der Waals surface area contributed by atoms with E-state index in [0.29, 0.717) is 12.5 Å². The van der Waals surface area contributed by atoms with Gasteiger partial charge >= 0.3 is 0 Å². The zero-order valence-corrected chi connectivity index (χ0v) is 12.5. The van der Waals surface area contributed by atoms with E-state index in [2.05, 4.69) is 36.8 Å². The van der Waals surface area contributed by atoms with Crippen LogP contribution in [0.1, 0.15) is 11.1 Å². The highest BCUT2D eigenvalue weighted by Crippen LogP contribution is 2.19. The maximum absolute atomic E-state index is 5.63. The highest BCUT2D eigenvalue weighted by Gasteiger charge is 2.01. The van der Waals surface area contributed by atoms with Gasteiger partial charge in [-0.2, -0.15) is 0 Å². The molecule has 0 saturated carbocycles. The SMILES string of the molecule is Cc1cc(OCc2cccc(Br)c2)ncc1Br. The van der Waals surface area contributed by atoms with Crippen molar-refractivity contribution in [3.05, 3.63) is 56.6 Å². The summed E-state index contributed by atoms with van der Waals surface area (Å²) in [6.07, 6.45) is 1.76. The topological polar surface area (TPSA) is 22.1 Å². The van der Waals surface area contributed by atoms with Crippen LogP contribution in [0.5, 0.6) is 5.88 Å². The normalized spacial score (nSPS) is 10.3. The summed E-state index contributed by atoms with van der Waals surface area (Å²) in [4.78, 5) is 4.20. The molecule has 0 aliphatic heterocycles. The maximum Gasteiger partial charge on any atom is 0.213 e. The van der Waals surface area contributed by atoms with Crippen molar-refractivity contribution in [1.29, 1.82) is 0 Å². The van der Waals surface area contributed by atoms with Crippen molar-refractivity contribution in [3.63, 3.8) is 0 Å². The molecular formula is C13H11Br2NO. The molecule has 1 aromatic heterocycles. The molecule has 0 spiro atoms. The summed E-state index contributed by atoms with van der Waals surface area (Å²) in [5.74, 6) is 0.644. The van der Waals surface area contributed by atoms with Gasteiger partial charge in [-0.05, 0) is 46.1 Å². The van der Waals surface area contributed by atoms with E-state index in [4.69, 9.17) is 4.74 Å². The predicted molar refractivity (Wildman–Crippen MR) is 75.1 cm³/mol. The Bertz CT molecular complexity index is 529. The molecule has 0 bridgehead atoms. The number of ether oxygens (including phenoxy) is 1. The van der Waals surface area contributed by atoms with E-state index in [-0.39, 0.29) is 0 Å². The van der Waals surface area contributed by atoms with E-state index >= 15 is 0 Å². The fraction of sp³-hybridized carbons (Fsp3) is 0.154. The van der Waals surface area contributed by atoms with Crippen LogP contribution in [-0.2, 0) is 6.61 Å². The monoisotopic (exact) mass is 355 g/mol. The minimum atomic E-state index is 0.521. The van der Waals surface area contributed by atoms with Crippen LogP contribution in [0.4, 0.5) is 0 Å². The number of aryl methyl sites for hydroxylation is 1. The summed E-state index contributed by atoms with van der Waals surface area (Å²) in [5.41, 5.74) is 2.23. The van der Waals surface area contributed by atoms with Gasteiger partial charge in [0.25, 0.3) is 0 Å². The van der Waals surface area contributed by atoms with E-state index in [0.717, 1.165) is 20.1 Å². The van der Waals surface area contributed by atoms with Crippen LogP contribution in [0.25, 0.3) is 0 Å².